The zero-order valence-electron chi connectivity index (χ0n) is 10.8. The van der Waals surface area contributed by atoms with Crippen LogP contribution in [0.15, 0.2) is 11.0 Å². The molecule has 3 rings (SSSR count). The largest absolute Gasteiger partial charge is 0.327 e. The average Bonchev–Trinajstić information content (AvgIpc) is 2.94. The van der Waals surface area contributed by atoms with E-state index in [1.807, 2.05) is 0 Å². The molecule has 2 heterocycles. The first-order valence-electron chi connectivity index (χ1n) is 6.60. The summed E-state index contributed by atoms with van der Waals surface area (Å²) < 4.78 is 27.5. The van der Waals surface area contributed by atoms with E-state index in [0.717, 1.165) is 30.6 Å². The van der Waals surface area contributed by atoms with Crippen molar-refractivity contribution in [1.82, 2.24) is 4.31 Å². The molecule has 8 heteroatoms. The molecule has 0 spiro atoms. The number of nitrogens with zero attached hydrogens (tertiary/aromatic N) is 1. The summed E-state index contributed by atoms with van der Waals surface area (Å²) >= 11 is 12.9. The highest BCUT2D eigenvalue weighted by Crippen LogP contribution is 2.41. The number of hydrogen-bond donors (Lipinski definition) is 1. The molecule has 4 nitrogen and oxygen atoms in total. The fourth-order valence-electron chi connectivity index (χ4n) is 3.31. The molecule has 112 valence electrons. The molecule has 1 saturated heterocycles. The third-order valence-electron chi connectivity index (χ3n) is 4.36. The molecule has 1 aliphatic heterocycles. The van der Waals surface area contributed by atoms with Gasteiger partial charge in [0.05, 0.1) is 4.34 Å². The molecule has 0 radical (unpaired) electrons. The maximum Gasteiger partial charge on any atom is 0.245 e. The Morgan fingerprint density at radius 2 is 2.05 bits per heavy atom. The first-order chi connectivity index (χ1) is 9.39. The number of sulfonamides is 1. The molecule has 2 fully saturated rings. The van der Waals surface area contributed by atoms with Gasteiger partial charge in [-0.1, -0.05) is 29.6 Å². The van der Waals surface area contributed by atoms with Crippen LogP contribution in [0, 0.1) is 11.8 Å². The van der Waals surface area contributed by atoms with E-state index in [1.165, 1.54) is 10.4 Å². The number of halogens is 2. The first-order valence-corrected chi connectivity index (χ1v) is 9.61. The van der Waals surface area contributed by atoms with Gasteiger partial charge in [-0.25, -0.2) is 8.42 Å². The lowest BCUT2D eigenvalue weighted by molar-refractivity contribution is 0.260. The van der Waals surface area contributed by atoms with Crippen molar-refractivity contribution in [2.75, 3.05) is 13.1 Å². The van der Waals surface area contributed by atoms with Crippen molar-refractivity contribution in [3.05, 3.63) is 14.7 Å². The van der Waals surface area contributed by atoms with Gasteiger partial charge < -0.3 is 5.73 Å². The second-order valence-electron chi connectivity index (χ2n) is 5.53. The van der Waals surface area contributed by atoms with Crippen LogP contribution in [-0.4, -0.2) is 31.9 Å². The van der Waals surface area contributed by atoms with Crippen molar-refractivity contribution in [3.8, 4) is 0 Å². The second-order valence-corrected chi connectivity index (χ2v) is 9.72. The first kappa shape index (κ1) is 15.1. The van der Waals surface area contributed by atoms with Crippen molar-refractivity contribution < 1.29 is 8.42 Å². The lowest BCUT2D eigenvalue weighted by Gasteiger charge is -2.29. The third-order valence-corrected chi connectivity index (χ3v) is 7.95. The Hall–Kier alpha value is 0.150. The number of thiophene rings is 1. The van der Waals surface area contributed by atoms with Gasteiger partial charge in [-0.2, -0.15) is 4.31 Å². The van der Waals surface area contributed by atoms with Gasteiger partial charge in [0.15, 0.2) is 0 Å². The van der Waals surface area contributed by atoms with Crippen molar-refractivity contribution in [2.45, 2.75) is 30.2 Å². The SMILES string of the molecule is NC1CCCC2CN(S(=O)(=O)c3cc(Cl)sc3Cl)CC12. The standard InChI is InChI=1S/C12H16Cl2N2O2S2/c13-11-4-10(12(14)19-11)20(17,18)16-5-7-2-1-3-9(15)8(7)6-16/h4,7-9H,1-3,5-6,15H2. The molecule has 2 aliphatic rings. The van der Waals surface area contributed by atoms with Crippen LogP contribution in [0.25, 0.3) is 0 Å². The Bertz CT molecular complexity index is 617. The van der Waals surface area contributed by atoms with E-state index in [0.29, 0.717) is 23.3 Å². The van der Waals surface area contributed by atoms with Crippen molar-refractivity contribution >= 4 is 44.6 Å². The summed E-state index contributed by atoms with van der Waals surface area (Å²) in [5.74, 6) is 0.646. The predicted molar refractivity (Wildman–Crippen MR) is 81.9 cm³/mol. The lowest BCUT2D eigenvalue weighted by Crippen LogP contribution is -2.38. The van der Waals surface area contributed by atoms with Crippen LogP contribution >= 0.6 is 34.5 Å². The van der Waals surface area contributed by atoms with Crippen molar-refractivity contribution in [2.24, 2.45) is 17.6 Å². The van der Waals surface area contributed by atoms with E-state index < -0.39 is 10.0 Å². The van der Waals surface area contributed by atoms with Gasteiger partial charge in [0.25, 0.3) is 0 Å². The Morgan fingerprint density at radius 1 is 1.30 bits per heavy atom. The summed E-state index contributed by atoms with van der Waals surface area (Å²) in [6, 6.07) is 1.54. The Balaban J connectivity index is 1.88. The molecular weight excluding hydrogens is 339 g/mol. The molecule has 0 aromatic carbocycles. The van der Waals surface area contributed by atoms with Crippen molar-refractivity contribution in [3.63, 3.8) is 0 Å². The molecule has 0 amide bonds. The molecule has 20 heavy (non-hydrogen) atoms. The molecule has 1 aliphatic carbocycles. The Kier molecular flexibility index (Phi) is 4.07. The van der Waals surface area contributed by atoms with Crippen LogP contribution in [0.5, 0.6) is 0 Å². The van der Waals surface area contributed by atoms with Crippen LogP contribution < -0.4 is 5.73 Å². The minimum atomic E-state index is -3.56. The lowest BCUT2D eigenvalue weighted by atomic mass is 9.78. The highest BCUT2D eigenvalue weighted by atomic mass is 35.5. The maximum absolute atomic E-state index is 12.7. The minimum Gasteiger partial charge on any atom is -0.327 e. The van der Waals surface area contributed by atoms with Gasteiger partial charge in [0, 0.05) is 19.1 Å². The van der Waals surface area contributed by atoms with Gasteiger partial charge in [-0.15, -0.1) is 11.3 Å². The summed E-state index contributed by atoms with van der Waals surface area (Å²) in [5, 5.41) is 0. The summed E-state index contributed by atoms with van der Waals surface area (Å²) in [5.41, 5.74) is 6.13. The van der Waals surface area contributed by atoms with E-state index in [9.17, 15) is 8.42 Å². The molecule has 1 aromatic rings. The molecular formula is C12H16Cl2N2O2S2. The molecule has 3 atom stereocenters. The Morgan fingerprint density at radius 3 is 2.65 bits per heavy atom. The Labute approximate surface area is 132 Å². The fraction of sp³-hybridized carbons (Fsp3) is 0.667. The fourth-order valence-corrected chi connectivity index (χ4v) is 6.96. The second kappa shape index (κ2) is 5.41. The average molecular weight is 355 g/mol. The van der Waals surface area contributed by atoms with Crippen molar-refractivity contribution in [1.29, 1.82) is 0 Å². The third kappa shape index (κ3) is 2.51. The van der Waals surface area contributed by atoms with E-state index in [2.05, 4.69) is 0 Å². The van der Waals surface area contributed by atoms with E-state index in [-0.39, 0.29) is 21.2 Å². The van der Waals surface area contributed by atoms with Crippen LogP contribution in [-0.2, 0) is 10.0 Å². The van der Waals surface area contributed by atoms with Crippen LogP contribution in [0.4, 0.5) is 0 Å². The number of rotatable bonds is 2. The topological polar surface area (TPSA) is 63.4 Å². The molecule has 1 saturated carbocycles. The predicted octanol–water partition coefficient (Wildman–Crippen LogP) is 2.80. The van der Waals surface area contributed by atoms with Gasteiger partial charge in [-0.3, -0.25) is 0 Å². The molecule has 3 unspecified atom stereocenters. The highest BCUT2D eigenvalue weighted by molar-refractivity contribution is 7.89. The monoisotopic (exact) mass is 354 g/mol. The minimum absolute atomic E-state index is 0.107. The van der Waals surface area contributed by atoms with E-state index >= 15 is 0 Å². The number of fused-ring (bicyclic) bond motifs is 1. The normalized spacial score (nSPS) is 31.4. The molecule has 2 N–H and O–H groups in total. The number of hydrogen-bond acceptors (Lipinski definition) is 4. The van der Waals surface area contributed by atoms with Crippen LogP contribution in [0.2, 0.25) is 8.67 Å². The summed E-state index contributed by atoms with van der Waals surface area (Å²) in [6.07, 6.45) is 3.13. The zero-order valence-corrected chi connectivity index (χ0v) is 13.9. The molecule has 0 bridgehead atoms. The maximum atomic E-state index is 12.7. The zero-order chi connectivity index (χ0) is 14.5. The summed E-state index contributed by atoms with van der Waals surface area (Å²) in [4.78, 5) is 0.126. The van der Waals surface area contributed by atoms with E-state index in [1.54, 1.807) is 0 Å². The smallest absolute Gasteiger partial charge is 0.245 e. The van der Waals surface area contributed by atoms with Gasteiger partial charge >= 0.3 is 0 Å². The van der Waals surface area contributed by atoms with E-state index in [4.69, 9.17) is 28.9 Å². The molecule has 1 aromatic heterocycles. The van der Waals surface area contributed by atoms with Crippen LogP contribution in [0.3, 0.4) is 0 Å². The highest BCUT2D eigenvalue weighted by Gasteiger charge is 2.43. The van der Waals surface area contributed by atoms with Gasteiger partial charge in [0.2, 0.25) is 10.0 Å². The van der Waals surface area contributed by atoms with Crippen LogP contribution in [0.1, 0.15) is 19.3 Å². The summed E-state index contributed by atoms with van der Waals surface area (Å²) in [7, 11) is -3.56. The van der Waals surface area contributed by atoms with Gasteiger partial charge in [0.1, 0.15) is 9.23 Å². The summed E-state index contributed by atoms with van der Waals surface area (Å²) in [6.45, 7) is 1.04. The van der Waals surface area contributed by atoms with Gasteiger partial charge in [-0.05, 0) is 30.7 Å². The number of nitrogens with two attached hydrogens (primary N) is 1. The quantitative estimate of drug-likeness (QED) is 0.887.